The Bertz CT molecular complexity index is 654. The first-order chi connectivity index (χ1) is 9.22. The Balaban J connectivity index is 2.24. The van der Waals surface area contributed by atoms with Crippen molar-refractivity contribution in [3.63, 3.8) is 0 Å². The first-order valence-electron chi connectivity index (χ1n) is 5.60. The van der Waals surface area contributed by atoms with Crippen molar-refractivity contribution < 1.29 is 4.79 Å². The van der Waals surface area contributed by atoms with Crippen LogP contribution in [0, 0.1) is 18.8 Å². The zero-order valence-corrected chi connectivity index (χ0v) is 11.1. The second-order valence-corrected chi connectivity index (χ2v) is 4.45. The Morgan fingerprint density at radius 1 is 1.47 bits per heavy atom. The number of benzene rings is 1. The number of hydrogen-bond acceptors (Lipinski definition) is 5. The molecular weight excluding hydrogens is 260 g/mol. The van der Waals surface area contributed by atoms with Gasteiger partial charge in [0.15, 0.2) is 0 Å². The minimum atomic E-state index is -0.227. The topological polar surface area (TPSA) is 80.9 Å². The predicted molar refractivity (Wildman–Crippen MR) is 75.0 cm³/mol. The number of nitrogens with two attached hydrogens (primary N) is 1. The van der Waals surface area contributed by atoms with Crippen molar-refractivity contribution in [3.8, 4) is 11.8 Å². The standard InChI is InChI=1S/C13H12N4OS/c1-9-12(19-17-16-9)13(18)15-11-7-3-2-5-10(11)6-4-8-14/h2-3,5,7H,8,14H2,1H3,(H,15,18). The first-order valence-corrected chi connectivity index (χ1v) is 6.38. The number of carbonyl (C=O) groups is 1. The van der Waals surface area contributed by atoms with Gasteiger partial charge in [-0.05, 0) is 30.6 Å². The van der Waals surface area contributed by atoms with Gasteiger partial charge in [0.2, 0.25) is 0 Å². The van der Waals surface area contributed by atoms with E-state index < -0.39 is 0 Å². The van der Waals surface area contributed by atoms with Gasteiger partial charge in [0.05, 0.1) is 17.9 Å². The molecule has 0 bridgehead atoms. The highest BCUT2D eigenvalue weighted by Crippen LogP contribution is 2.17. The molecule has 3 N–H and O–H groups in total. The number of rotatable bonds is 2. The van der Waals surface area contributed by atoms with Crippen LogP contribution in [0.4, 0.5) is 5.69 Å². The summed E-state index contributed by atoms with van der Waals surface area (Å²) in [6, 6.07) is 7.31. The third-order valence-corrected chi connectivity index (χ3v) is 3.18. The minimum Gasteiger partial charge on any atom is -0.320 e. The molecule has 5 nitrogen and oxygen atoms in total. The zero-order chi connectivity index (χ0) is 13.7. The van der Waals surface area contributed by atoms with E-state index in [0.717, 1.165) is 17.1 Å². The highest BCUT2D eigenvalue weighted by atomic mass is 32.1. The Hall–Kier alpha value is -2.23. The summed E-state index contributed by atoms with van der Waals surface area (Å²) in [6.45, 7) is 2.03. The Kier molecular flexibility index (Phi) is 4.23. The van der Waals surface area contributed by atoms with Crippen LogP contribution in [0.1, 0.15) is 20.9 Å². The number of aromatic nitrogens is 2. The van der Waals surface area contributed by atoms with Crippen LogP contribution in [-0.4, -0.2) is 22.0 Å². The Morgan fingerprint density at radius 2 is 2.26 bits per heavy atom. The maximum atomic E-state index is 12.1. The molecule has 2 aromatic rings. The normalized spacial score (nSPS) is 9.58. The van der Waals surface area contributed by atoms with Gasteiger partial charge in [-0.2, -0.15) is 0 Å². The lowest BCUT2D eigenvalue weighted by atomic mass is 10.2. The Labute approximate surface area is 115 Å². The fourth-order valence-corrected chi connectivity index (χ4v) is 2.02. The van der Waals surface area contributed by atoms with Crippen molar-refractivity contribution in [2.75, 3.05) is 11.9 Å². The van der Waals surface area contributed by atoms with E-state index in [2.05, 4.69) is 26.7 Å². The number of carbonyl (C=O) groups excluding carboxylic acids is 1. The Morgan fingerprint density at radius 3 is 2.95 bits per heavy atom. The molecule has 0 aliphatic heterocycles. The quantitative estimate of drug-likeness (QED) is 0.810. The molecule has 96 valence electrons. The van der Waals surface area contributed by atoms with Gasteiger partial charge in [0.1, 0.15) is 4.88 Å². The molecule has 0 fully saturated rings. The number of nitrogens with zero attached hydrogens (tertiary/aromatic N) is 2. The van der Waals surface area contributed by atoms with Crippen LogP contribution in [0.3, 0.4) is 0 Å². The molecule has 0 saturated carbocycles. The molecule has 6 heteroatoms. The molecule has 0 spiro atoms. The maximum absolute atomic E-state index is 12.1. The van der Waals surface area contributed by atoms with Crippen LogP contribution in [0.5, 0.6) is 0 Å². The summed E-state index contributed by atoms with van der Waals surface area (Å²) in [5, 5.41) is 6.63. The van der Waals surface area contributed by atoms with Gasteiger partial charge in [0, 0.05) is 5.56 Å². The second-order valence-electron chi connectivity index (χ2n) is 3.69. The molecule has 0 unspecified atom stereocenters. The van der Waals surface area contributed by atoms with E-state index in [-0.39, 0.29) is 12.5 Å². The molecule has 1 aromatic carbocycles. The molecule has 1 aromatic heterocycles. The summed E-state index contributed by atoms with van der Waals surface area (Å²) in [5.41, 5.74) is 7.35. The molecule has 0 radical (unpaired) electrons. The molecule has 0 aliphatic carbocycles. The number of para-hydroxylation sites is 1. The number of amides is 1. The summed E-state index contributed by atoms with van der Waals surface area (Å²) in [5.74, 6) is 5.46. The number of nitrogens with one attached hydrogen (secondary N) is 1. The number of anilines is 1. The van der Waals surface area contributed by atoms with Gasteiger partial charge >= 0.3 is 0 Å². The third kappa shape index (κ3) is 3.16. The van der Waals surface area contributed by atoms with E-state index in [1.807, 2.05) is 18.2 Å². The summed E-state index contributed by atoms with van der Waals surface area (Å²) in [4.78, 5) is 12.6. The van der Waals surface area contributed by atoms with Crippen LogP contribution in [0.15, 0.2) is 24.3 Å². The van der Waals surface area contributed by atoms with E-state index in [0.29, 0.717) is 16.3 Å². The van der Waals surface area contributed by atoms with E-state index >= 15 is 0 Å². The SMILES string of the molecule is Cc1nnsc1C(=O)Nc1ccccc1C#CCN. The zero-order valence-electron chi connectivity index (χ0n) is 10.3. The largest absolute Gasteiger partial charge is 0.320 e. The van der Waals surface area contributed by atoms with Gasteiger partial charge in [-0.15, -0.1) is 5.10 Å². The molecule has 0 saturated heterocycles. The van der Waals surface area contributed by atoms with Gasteiger partial charge in [-0.3, -0.25) is 4.79 Å². The van der Waals surface area contributed by atoms with Crippen molar-refractivity contribution in [3.05, 3.63) is 40.4 Å². The van der Waals surface area contributed by atoms with Crippen molar-refractivity contribution in [1.82, 2.24) is 9.59 Å². The van der Waals surface area contributed by atoms with Crippen LogP contribution < -0.4 is 11.1 Å². The lowest BCUT2D eigenvalue weighted by Crippen LogP contribution is -2.12. The van der Waals surface area contributed by atoms with Gasteiger partial charge in [-0.25, -0.2) is 0 Å². The predicted octanol–water partition coefficient (Wildman–Crippen LogP) is 1.41. The summed E-state index contributed by atoms with van der Waals surface area (Å²) < 4.78 is 3.74. The number of aryl methyl sites for hydroxylation is 1. The molecule has 0 aliphatic rings. The average molecular weight is 272 g/mol. The van der Waals surface area contributed by atoms with E-state index in [1.165, 1.54) is 0 Å². The van der Waals surface area contributed by atoms with Crippen molar-refractivity contribution in [2.45, 2.75) is 6.92 Å². The summed E-state index contributed by atoms with van der Waals surface area (Å²) in [6.07, 6.45) is 0. The maximum Gasteiger partial charge on any atom is 0.269 e. The highest BCUT2D eigenvalue weighted by molar-refractivity contribution is 7.08. The molecule has 1 heterocycles. The van der Waals surface area contributed by atoms with Crippen LogP contribution in [-0.2, 0) is 0 Å². The molecular formula is C13H12N4OS. The van der Waals surface area contributed by atoms with Crippen LogP contribution in [0.25, 0.3) is 0 Å². The summed E-state index contributed by atoms with van der Waals surface area (Å²) >= 11 is 1.07. The lowest BCUT2D eigenvalue weighted by Gasteiger charge is -2.05. The molecule has 1 amide bonds. The van der Waals surface area contributed by atoms with E-state index in [9.17, 15) is 4.79 Å². The fraction of sp³-hybridized carbons (Fsp3) is 0.154. The van der Waals surface area contributed by atoms with Crippen LogP contribution >= 0.6 is 11.5 Å². The van der Waals surface area contributed by atoms with Crippen molar-refractivity contribution >= 4 is 23.1 Å². The lowest BCUT2D eigenvalue weighted by molar-refractivity contribution is 0.103. The minimum absolute atomic E-state index is 0.227. The molecule has 0 atom stereocenters. The van der Waals surface area contributed by atoms with Crippen molar-refractivity contribution in [2.24, 2.45) is 5.73 Å². The van der Waals surface area contributed by atoms with Gasteiger partial charge in [-0.1, -0.05) is 28.5 Å². The van der Waals surface area contributed by atoms with Gasteiger partial charge < -0.3 is 11.1 Å². The van der Waals surface area contributed by atoms with E-state index in [4.69, 9.17) is 5.73 Å². The van der Waals surface area contributed by atoms with Gasteiger partial charge in [0.25, 0.3) is 5.91 Å². The third-order valence-electron chi connectivity index (χ3n) is 2.36. The smallest absolute Gasteiger partial charge is 0.269 e. The highest BCUT2D eigenvalue weighted by Gasteiger charge is 2.14. The fourth-order valence-electron chi connectivity index (χ4n) is 1.47. The van der Waals surface area contributed by atoms with Crippen LogP contribution in [0.2, 0.25) is 0 Å². The average Bonchev–Trinajstić information content (AvgIpc) is 2.84. The first kappa shape index (κ1) is 13.2. The second kappa shape index (κ2) is 6.09. The van der Waals surface area contributed by atoms with Crippen molar-refractivity contribution in [1.29, 1.82) is 0 Å². The molecule has 2 rings (SSSR count). The number of hydrogen-bond donors (Lipinski definition) is 2. The van der Waals surface area contributed by atoms with E-state index in [1.54, 1.807) is 13.0 Å². The summed E-state index contributed by atoms with van der Waals surface area (Å²) in [7, 11) is 0. The monoisotopic (exact) mass is 272 g/mol. The molecule has 19 heavy (non-hydrogen) atoms.